The summed E-state index contributed by atoms with van der Waals surface area (Å²) in [5, 5.41) is 0. The van der Waals surface area contributed by atoms with Gasteiger partial charge in [0.05, 0.1) is 0 Å². The van der Waals surface area contributed by atoms with Gasteiger partial charge < -0.3 is 4.85 Å². The van der Waals surface area contributed by atoms with Crippen LogP contribution in [0.25, 0.3) is 4.85 Å². The van der Waals surface area contributed by atoms with E-state index in [-0.39, 0.29) is 0 Å². The summed E-state index contributed by atoms with van der Waals surface area (Å²) in [5.74, 6) is 0.576. The van der Waals surface area contributed by atoms with Gasteiger partial charge in [-0.05, 0) is 11.5 Å². The first kappa shape index (κ1) is 8.80. The van der Waals surface area contributed by atoms with Crippen molar-refractivity contribution in [3.63, 3.8) is 0 Å². The van der Waals surface area contributed by atoms with Crippen molar-refractivity contribution in [3.05, 3.63) is 46.8 Å². The molecule has 0 aliphatic carbocycles. The van der Waals surface area contributed by atoms with Crippen LogP contribution in [0.15, 0.2) is 24.3 Å². The highest BCUT2D eigenvalue weighted by molar-refractivity contribution is 5.25. The van der Waals surface area contributed by atoms with Crippen LogP contribution in [0, 0.1) is 6.57 Å². The van der Waals surface area contributed by atoms with Crippen LogP contribution in [0.5, 0.6) is 0 Å². The van der Waals surface area contributed by atoms with E-state index in [9.17, 15) is 0 Å². The van der Waals surface area contributed by atoms with Crippen LogP contribution in [0.4, 0.5) is 0 Å². The third-order valence-electron chi connectivity index (χ3n) is 1.91. The number of hydrogen-bond donors (Lipinski definition) is 0. The van der Waals surface area contributed by atoms with Gasteiger partial charge in [-0.2, -0.15) is 0 Å². The lowest BCUT2D eigenvalue weighted by Gasteiger charge is -2.03. The number of hydrogen-bond acceptors (Lipinski definition) is 0. The molecule has 0 heterocycles. The van der Waals surface area contributed by atoms with Crippen LogP contribution in [-0.2, 0) is 6.54 Å². The topological polar surface area (TPSA) is 4.36 Å². The van der Waals surface area contributed by atoms with Crippen LogP contribution in [0.3, 0.4) is 0 Å². The van der Waals surface area contributed by atoms with E-state index in [4.69, 9.17) is 6.57 Å². The zero-order chi connectivity index (χ0) is 8.97. The first-order chi connectivity index (χ1) is 5.74. The Hall–Kier alpha value is -1.29. The van der Waals surface area contributed by atoms with E-state index in [1.807, 2.05) is 12.1 Å². The molecule has 0 atom stereocenters. The van der Waals surface area contributed by atoms with Crippen LogP contribution in [0.1, 0.15) is 30.9 Å². The van der Waals surface area contributed by atoms with Crippen LogP contribution >= 0.6 is 0 Å². The predicted molar refractivity (Wildman–Crippen MR) is 50.8 cm³/mol. The Bertz CT molecular complexity index is 277. The molecule has 0 aliphatic heterocycles. The van der Waals surface area contributed by atoms with Crippen molar-refractivity contribution in [1.29, 1.82) is 0 Å². The van der Waals surface area contributed by atoms with Gasteiger partial charge in [-0.3, -0.25) is 0 Å². The predicted octanol–water partition coefficient (Wildman–Crippen LogP) is 3.23. The largest absolute Gasteiger partial charge is 0.312 e. The molecule has 1 heteroatoms. The van der Waals surface area contributed by atoms with E-state index >= 15 is 0 Å². The quantitative estimate of drug-likeness (QED) is 0.583. The van der Waals surface area contributed by atoms with Crippen molar-refractivity contribution < 1.29 is 0 Å². The maximum Gasteiger partial charge on any atom is 0.239 e. The van der Waals surface area contributed by atoms with E-state index in [0.717, 1.165) is 5.56 Å². The molecular weight excluding hydrogens is 146 g/mol. The highest BCUT2D eigenvalue weighted by atomic mass is 14.6. The van der Waals surface area contributed by atoms with E-state index < -0.39 is 0 Å². The molecule has 1 nitrogen and oxygen atoms in total. The fourth-order valence-electron chi connectivity index (χ4n) is 1.10. The molecule has 0 saturated carbocycles. The summed E-state index contributed by atoms with van der Waals surface area (Å²) in [4.78, 5) is 3.33. The Morgan fingerprint density at radius 1 is 1.25 bits per heavy atom. The molecular formula is C11H13N. The van der Waals surface area contributed by atoms with Gasteiger partial charge in [-0.1, -0.05) is 38.1 Å². The Morgan fingerprint density at radius 3 is 2.25 bits per heavy atom. The molecule has 62 valence electrons. The number of nitrogens with zero attached hydrogens (tertiary/aromatic N) is 1. The maximum absolute atomic E-state index is 6.70. The van der Waals surface area contributed by atoms with Gasteiger partial charge in [0, 0.05) is 5.56 Å². The Labute approximate surface area is 73.9 Å². The third-order valence-corrected chi connectivity index (χ3v) is 1.91. The van der Waals surface area contributed by atoms with E-state index in [1.165, 1.54) is 5.56 Å². The Kier molecular flexibility index (Phi) is 2.88. The average Bonchev–Trinajstić information content (AvgIpc) is 2.06. The lowest BCUT2D eigenvalue weighted by molar-refractivity contribution is 0.865. The summed E-state index contributed by atoms with van der Waals surface area (Å²) in [6.45, 7) is 11.5. The van der Waals surface area contributed by atoms with Crippen LogP contribution in [0.2, 0.25) is 0 Å². The minimum absolute atomic E-state index is 0.498. The summed E-state index contributed by atoms with van der Waals surface area (Å²) >= 11 is 0. The molecule has 0 unspecified atom stereocenters. The molecule has 0 bridgehead atoms. The summed E-state index contributed by atoms with van der Waals surface area (Å²) in [5.41, 5.74) is 2.44. The van der Waals surface area contributed by atoms with Crippen molar-refractivity contribution in [2.24, 2.45) is 0 Å². The maximum atomic E-state index is 6.70. The second-order valence-corrected chi connectivity index (χ2v) is 3.21. The van der Waals surface area contributed by atoms with Crippen molar-refractivity contribution >= 4 is 0 Å². The smallest absolute Gasteiger partial charge is 0.239 e. The van der Waals surface area contributed by atoms with Crippen molar-refractivity contribution in [2.75, 3.05) is 0 Å². The lowest BCUT2D eigenvalue weighted by atomic mass is 10.0. The highest BCUT2D eigenvalue weighted by Crippen LogP contribution is 2.14. The summed E-state index contributed by atoms with van der Waals surface area (Å²) < 4.78 is 0. The zero-order valence-corrected chi connectivity index (χ0v) is 7.54. The van der Waals surface area contributed by atoms with Gasteiger partial charge in [0.2, 0.25) is 6.54 Å². The van der Waals surface area contributed by atoms with Crippen molar-refractivity contribution in [1.82, 2.24) is 0 Å². The van der Waals surface area contributed by atoms with Gasteiger partial charge in [0.15, 0.2) is 0 Å². The first-order valence-electron chi connectivity index (χ1n) is 4.16. The molecule has 12 heavy (non-hydrogen) atoms. The molecule has 0 saturated heterocycles. The Balaban J connectivity index is 2.80. The zero-order valence-electron chi connectivity index (χ0n) is 7.54. The minimum atomic E-state index is 0.498. The van der Waals surface area contributed by atoms with Crippen molar-refractivity contribution in [3.8, 4) is 0 Å². The molecule has 0 fully saturated rings. The van der Waals surface area contributed by atoms with Crippen molar-refractivity contribution in [2.45, 2.75) is 26.3 Å². The summed E-state index contributed by atoms with van der Waals surface area (Å²) in [6, 6.07) is 8.27. The molecule has 0 amide bonds. The van der Waals surface area contributed by atoms with Gasteiger partial charge in [0.1, 0.15) is 0 Å². The van der Waals surface area contributed by atoms with Crippen LogP contribution in [-0.4, -0.2) is 0 Å². The third kappa shape index (κ3) is 2.10. The monoisotopic (exact) mass is 159 g/mol. The molecule has 0 aromatic heterocycles. The van der Waals surface area contributed by atoms with Gasteiger partial charge >= 0.3 is 0 Å². The van der Waals surface area contributed by atoms with Gasteiger partial charge in [-0.15, -0.1) is 0 Å². The Morgan fingerprint density at radius 2 is 1.83 bits per heavy atom. The van der Waals surface area contributed by atoms with E-state index in [1.54, 1.807) is 0 Å². The molecule has 0 radical (unpaired) electrons. The van der Waals surface area contributed by atoms with Crippen LogP contribution < -0.4 is 0 Å². The number of benzene rings is 1. The molecule has 1 rings (SSSR count). The highest BCUT2D eigenvalue weighted by Gasteiger charge is 1.99. The number of rotatable bonds is 2. The normalized spacial score (nSPS) is 9.83. The fraction of sp³-hybridized carbons (Fsp3) is 0.364. The van der Waals surface area contributed by atoms with Gasteiger partial charge in [0.25, 0.3) is 0 Å². The standard InChI is InChI=1S/C11H13N/c1-9(2)11-6-4-10(5-7-11)8-12-3/h4-7,9H,8H2,1-2H3. The molecule has 1 aromatic carbocycles. The second-order valence-electron chi connectivity index (χ2n) is 3.21. The molecule has 0 N–H and O–H groups in total. The summed E-state index contributed by atoms with van der Waals surface area (Å²) in [6.07, 6.45) is 0. The second kappa shape index (κ2) is 3.92. The lowest BCUT2D eigenvalue weighted by Crippen LogP contribution is -1.87. The molecule has 0 spiro atoms. The molecule has 0 aliphatic rings. The average molecular weight is 159 g/mol. The van der Waals surface area contributed by atoms with E-state index in [2.05, 4.69) is 30.8 Å². The first-order valence-corrected chi connectivity index (χ1v) is 4.16. The molecule has 1 aromatic rings. The fourth-order valence-corrected chi connectivity index (χ4v) is 1.10. The SMILES string of the molecule is [C-]#[N+]Cc1ccc(C(C)C)cc1. The van der Waals surface area contributed by atoms with E-state index in [0.29, 0.717) is 12.5 Å². The summed E-state index contributed by atoms with van der Waals surface area (Å²) in [7, 11) is 0. The van der Waals surface area contributed by atoms with Gasteiger partial charge in [-0.25, -0.2) is 6.57 Å². The minimum Gasteiger partial charge on any atom is -0.312 e.